The maximum Gasteiger partial charge on any atom is 0.337 e. The lowest BCUT2D eigenvalue weighted by Gasteiger charge is -1.95. The third kappa shape index (κ3) is 3.40. The van der Waals surface area contributed by atoms with Crippen LogP contribution in [0.1, 0.15) is 6.92 Å². The first-order chi connectivity index (χ1) is 5.26. The Morgan fingerprint density at radius 1 is 1.55 bits per heavy atom. The van der Waals surface area contributed by atoms with E-state index in [1.165, 1.54) is 13.2 Å². The highest BCUT2D eigenvalue weighted by Gasteiger charge is 2.01. The quantitative estimate of drug-likeness (QED) is 0.350. The number of carbonyl (C=O) groups excluding carboxylic acids is 1. The van der Waals surface area contributed by atoms with Gasteiger partial charge in [0, 0.05) is 0 Å². The van der Waals surface area contributed by atoms with E-state index in [1.54, 1.807) is 12.2 Å². The fourth-order valence-electron chi connectivity index (χ4n) is 0.537. The number of carbonyl (C=O) groups is 1. The summed E-state index contributed by atoms with van der Waals surface area (Å²) in [5.41, 5.74) is 0.464. The van der Waals surface area contributed by atoms with Gasteiger partial charge >= 0.3 is 5.97 Å². The summed E-state index contributed by atoms with van der Waals surface area (Å²) in [6.45, 7) is 5.35. The lowest BCUT2D eigenvalue weighted by atomic mass is 10.2. The first kappa shape index (κ1) is 9.69. The van der Waals surface area contributed by atoms with Crippen molar-refractivity contribution in [1.82, 2.24) is 0 Å². The minimum atomic E-state index is -0.363. The Bertz CT molecular complexity index is 200. The van der Waals surface area contributed by atoms with Crippen LogP contribution in [0.4, 0.5) is 0 Å². The molecule has 0 saturated heterocycles. The van der Waals surface area contributed by atoms with Crippen molar-refractivity contribution in [1.29, 1.82) is 0 Å². The summed E-state index contributed by atoms with van der Waals surface area (Å²) in [5, 5.41) is 0. The molecule has 0 amide bonds. The highest BCUT2D eigenvalue weighted by Crippen LogP contribution is 1.98. The first-order valence-corrected chi connectivity index (χ1v) is 3.30. The molecule has 0 fully saturated rings. The van der Waals surface area contributed by atoms with Gasteiger partial charge in [0.15, 0.2) is 0 Å². The molecule has 0 unspecified atom stereocenters. The lowest BCUT2D eigenvalue weighted by Crippen LogP contribution is -2.01. The van der Waals surface area contributed by atoms with Crippen LogP contribution in [0.15, 0.2) is 36.5 Å². The molecule has 11 heavy (non-hydrogen) atoms. The summed E-state index contributed by atoms with van der Waals surface area (Å²) in [6.07, 6.45) is 6.70. The van der Waals surface area contributed by atoms with Gasteiger partial charge in [-0.3, -0.25) is 0 Å². The molecule has 2 nitrogen and oxygen atoms in total. The van der Waals surface area contributed by atoms with E-state index in [0.717, 1.165) is 0 Å². The second kappa shape index (κ2) is 5.47. The number of rotatable bonds is 3. The number of hydrogen-bond acceptors (Lipinski definition) is 2. The summed E-state index contributed by atoms with van der Waals surface area (Å²) in [4.78, 5) is 10.9. The number of esters is 1. The molecule has 0 aromatic heterocycles. The zero-order valence-electron chi connectivity index (χ0n) is 6.83. The maximum absolute atomic E-state index is 10.9. The Balaban J connectivity index is 4.38. The summed E-state index contributed by atoms with van der Waals surface area (Å²) >= 11 is 0. The van der Waals surface area contributed by atoms with E-state index >= 15 is 0 Å². The second-order valence-corrected chi connectivity index (χ2v) is 1.84. The van der Waals surface area contributed by atoms with E-state index < -0.39 is 0 Å². The van der Waals surface area contributed by atoms with Crippen molar-refractivity contribution < 1.29 is 9.53 Å². The van der Waals surface area contributed by atoms with Crippen molar-refractivity contribution in [3.63, 3.8) is 0 Å². The molecule has 0 atom stereocenters. The molecule has 2 heteroatoms. The smallest absolute Gasteiger partial charge is 0.337 e. The van der Waals surface area contributed by atoms with Gasteiger partial charge in [-0.15, -0.1) is 0 Å². The molecule has 0 rings (SSSR count). The van der Waals surface area contributed by atoms with Gasteiger partial charge in [-0.2, -0.15) is 0 Å². The van der Waals surface area contributed by atoms with E-state index in [0.29, 0.717) is 5.57 Å². The first-order valence-electron chi connectivity index (χ1n) is 3.30. The Hall–Kier alpha value is -1.31. The Kier molecular flexibility index (Phi) is 4.82. The summed E-state index contributed by atoms with van der Waals surface area (Å²) in [6, 6.07) is 0. The van der Waals surface area contributed by atoms with Gasteiger partial charge in [0.25, 0.3) is 0 Å². The summed E-state index contributed by atoms with van der Waals surface area (Å²) in [5.74, 6) is -0.363. The highest BCUT2D eigenvalue weighted by atomic mass is 16.5. The van der Waals surface area contributed by atoms with Gasteiger partial charge in [-0.05, 0) is 13.0 Å². The van der Waals surface area contributed by atoms with Crippen LogP contribution in [0.3, 0.4) is 0 Å². The van der Waals surface area contributed by atoms with Gasteiger partial charge < -0.3 is 4.74 Å². The van der Waals surface area contributed by atoms with Crippen molar-refractivity contribution in [2.45, 2.75) is 6.92 Å². The van der Waals surface area contributed by atoms with Crippen LogP contribution in [0.25, 0.3) is 0 Å². The van der Waals surface area contributed by atoms with E-state index in [2.05, 4.69) is 11.3 Å². The van der Waals surface area contributed by atoms with Crippen LogP contribution in [0.2, 0.25) is 0 Å². The van der Waals surface area contributed by atoms with E-state index in [4.69, 9.17) is 0 Å². The SMILES string of the molecule is C=C/C(=C\C=C/C)C(=O)OC. The topological polar surface area (TPSA) is 26.3 Å². The van der Waals surface area contributed by atoms with Gasteiger partial charge in [-0.1, -0.05) is 24.8 Å². The third-order valence-corrected chi connectivity index (χ3v) is 1.11. The van der Waals surface area contributed by atoms with Gasteiger partial charge in [0.1, 0.15) is 0 Å². The summed E-state index contributed by atoms with van der Waals surface area (Å²) in [7, 11) is 1.34. The van der Waals surface area contributed by atoms with E-state index in [1.807, 2.05) is 13.0 Å². The standard InChI is InChI=1S/C9H12O2/c1-4-6-7-8(5-2)9(10)11-3/h4-7H,2H2,1,3H3/b6-4-,8-7+. The lowest BCUT2D eigenvalue weighted by molar-refractivity contribution is -0.135. The van der Waals surface area contributed by atoms with Crippen LogP contribution in [-0.2, 0) is 9.53 Å². The minimum absolute atomic E-state index is 0.363. The molecular formula is C9H12O2. The van der Waals surface area contributed by atoms with E-state index in [9.17, 15) is 4.79 Å². The van der Waals surface area contributed by atoms with E-state index in [-0.39, 0.29) is 5.97 Å². The zero-order chi connectivity index (χ0) is 8.69. The Morgan fingerprint density at radius 3 is 2.55 bits per heavy atom. The number of allylic oxidation sites excluding steroid dienone is 3. The normalized spacial score (nSPS) is 11.6. The molecular weight excluding hydrogens is 140 g/mol. The molecule has 0 spiro atoms. The number of hydrogen-bond donors (Lipinski definition) is 0. The monoisotopic (exact) mass is 152 g/mol. The maximum atomic E-state index is 10.9. The molecule has 0 bridgehead atoms. The van der Waals surface area contributed by atoms with Crippen LogP contribution >= 0.6 is 0 Å². The van der Waals surface area contributed by atoms with Crippen LogP contribution in [0.5, 0.6) is 0 Å². The third-order valence-electron chi connectivity index (χ3n) is 1.11. The highest BCUT2D eigenvalue weighted by molar-refractivity contribution is 5.91. The fraction of sp³-hybridized carbons (Fsp3) is 0.222. The average Bonchev–Trinajstić information content (AvgIpc) is 2.05. The molecule has 60 valence electrons. The number of methoxy groups -OCH3 is 1. The van der Waals surface area contributed by atoms with Gasteiger partial charge in [0.05, 0.1) is 12.7 Å². The zero-order valence-corrected chi connectivity index (χ0v) is 6.83. The predicted molar refractivity (Wildman–Crippen MR) is 45.1 cm³/mol. The molecule has 0 aromatic carbocycles. The molecule has 0 radical (unpaired) electrons. The van der Waals surface area contributed by atoms with Crippen LogP contribution in [0, 0.1) is 0 Å². The molecule has 0 aliphatic rings. The second-order valence-electron chi connectivity index (χ2n) is 1.84. The van der Waals surface area contributed by atoms with Crippen molar-refractivity contribution in [2.24, 2.45) is 0 Å². The molecule has 0 heterocycles. The van der Waals surface area contributed by atoms with Crippen molar-refractivity contribution >= 4 is 5.97 Å². The summed E-state index contributed by atoms with van der Waals surface area (Å²) < 4.78 is 4.49. The van der Waals surface area contributed by atoms with Crippen LogP contribution in [-0.4, -0.2) is 13.1 Å². The fourth-order valence-corrected chi connectivity index (χ4v) is 0.537. The van der Waals surface area contributed by atoms with Gasteiger partial charge in [-0.25, -0.2) is 4.79 Å². The molecule has 0 N–H and O–H groups in total. The number of ether oxygens (including phenoxy) is 1. The minimum Gasteiger partial charge on any atom is -0.465 e. The molecule has 0 aliphatic carbocycles. The van der Waals surface area contributed by atoms with Crippen molar-refractivity contribution in [3.05, 3.63) is 36.5 Å². The predicted octanol–water partition coefficient (Wildman–Crippen LogP) is 1.85. The molecule has 0 aliphatic heterocycles. The Morgan fingerprint density at radius 2 is 2.18 bits per heavy atom. The molecule has 0 aromatic rings. The van der Waals surface area contributed by atoms with Crippen molar-refractivity contribution in [3.8, 4) is 0 Å². The Labute approximate surface area is 66.9 Å². The van der Waals surface area contributed by atoms with Crippen molar-refractivity contribution in [2.75, 3.05) is 7.11 Å². The molecule has 0 saturated carbocycles. The average molecular weight is 152 g/mol. The van der Waals surface area contributed by atoms with Crippen LogP contribution < -0.4 is 0 Å². The van der Waals surface area contributed by atoms with Gasteiger partial charge in [0.2, 0.25) is 0 Å². The largest absolute Gasteiger partial charge is 0.465 e.